The van der Waals surface area contributed by atoms with Crippen LogP contribution in [0.15, 0.2) is 11.2 Å². The lowest BCUT2D eigenvalue weighted by Gasteiger charge is -2.14. The van der Waals surface area contributed by atoms with Crippen LogP contribution in [0.25, 0.3) is 0 Å². The highest BCUT2D eigenvalue weighted by molar-refractivity contribution is 6.50. The van der Waals surface area contributed by atoms with Gasteiger partial charge in [0.1, 0.15) is 5.71 Å². The third-order valence-corrected chi connectivity index (χ3v) is 2.88. The Morgan fingerprint density at radius 1 is 1.17 bits per heavy atom. The van der Waals surface area contributed by atoms with Crippen molar-refractivity contribution in [2.45, 2.75) is 6.42 Å². The molecule has 6 nitrogen and oxygen atoms in total. The number of nitrogens with zero attached hydrogens (tertiary/aromatic N) is 1. The van der Waals surface area contributed by atoms with Crippen molar-refractivity contribution in [1.29, 1.82) is 0 Å². The zero-order valence-corrected chi connectivity index (χ0v) is 10.3. The number of ketones is 1. The molecule has 1 aliphatic rings. The van der Waals surface area contributed by atoms with Gasteiger partial charge in [0.25, 0.3) is 0 Å². The van der Waals surface area contributed by atoms with Gasteiger partial charge >= 0.3 is 0 Å². The van der Waals surface area contributed by atoms with Gasteiger partial charge in [0, 0.05) is 6.42 Å². The van der Waals surface area contributed by atoms with Gasteiger partial charge in [0.15, 0.2) is 11.5 Å². The van der Waals surface area contributed by atoms with Crippen LogP contribution >= 0.6 is 0 Å². The number of hydrogen-bond donors (Lipinski definition) is 1. The Balaban J connectivity index is 2.72. The van der Waals surface area contributed by atoms with E-state index in [1.54, 1.807) is 6.07 Å². The van der Waals surface area contributed by atoms with Crippen LogP contribution in [0, 0.1) is 0 Å². The van der Waals surface area contributed by atoms with Crippen LogP contribution in [-0.2, 0) is 6.42 Å². The summed E-state index contributed by atoms with van der Waals surface area (Å²) in [5.74, 6) is 0.771. The molecule has 0 unspecified atom stereocenters. The first-order valence-electron chi connectivity index (χ1n) is 5.25. The molecule has 0 radical (unpaired) electrons. The standard InChI is InChI=1S/C12H13NO5/c1-16-8-5-6-4-7(13-15)10(14)9(6)12(18-3)11(8)17-2/h5,15H,4H2,1-3H3/b13-7-. The molecule has 0 aromatic heterocycles. The lowest BCUT2D eigenvalue weighted by molar-refractivity contribution is 0.106. The summed E-state index contributed by atoms with van der Waals surface area (Å²) in [5, 5.41) is 11.8. The van der Waals surface area contributed by atoms with E-state index < -0.39 is 0 Å². The van der Waals surface area contributed by atoms with Crippen molar-refractivity contribution in [1.82, 2.24) is 0 Å². The van der Waals surface area contributed by atoms with E-state index in [0.717, 1.165) is 0 Å². The highest BCUT2D eigenvalue weighted by Crippen LogP contribution is 2.44. The van der Waals surface area contributed by atoms with Gasteiger partial charge in [-0.15, -0.1) is 0 Å². The van der Waals surface area contributed by atoms with Crippen molar-refractivity contribution in [2.24, 2.45) is 5.16 Å². The van der Waals surface area contributed by atoms with Crippen molar-refractivity contribution in [3.05, 3.63) is 17.2 Å². The van der Waals surface area contributed by atoms with Crippen LogP contribution in [0.3, 0.4) is 0 Å². The number of carbonyl (C=O) groups is 1. The van der Waals surface area contributed by atoms with Gasteiger partial charge in [-0.3, -0.25) is 4.79 Å². The lowest BCUT2D eigenvalue weighted by atomic mass is 10.1. The largest absolute Gasteiger partial charge is 0.493 e. The SMILES string of the molecule is COc1cc2c(c(OC)c1OC)C(=O)/C(=N\O)C2. The van der Waals surface area contributed by atoms with Gasteiger partial charge in [0.2, 0.25) is 11.5 Å². The Bertz CT molecular complexity index is 536. The fourth-order valence-electron chi connectivity index (χ4n) is 2.08. The maximum Gasteiger partial charge on any atom is 0.215 e. The van der Waals surface area contributed by atoms with Gasteiger partial charge in [-0.2, -0.15) is 0 Å². The third kappa shape index (κ3) is 1.57. The summed E-state index contributed by atoms with van der Waals surface area (Å²) in [6.07, 6.45) is 0.251. The van der Waals surface area contributed by atoms with E-state index in [1.165, 1.54) is 21.3 Å². The smallest absolute Gasteiger partial charge is 0.215 e. The molecule has 1 N–H and O–H groups in total. The molecule has 0 aliphatic heterocycles. The van der Waals surface area contributed by atoms with Crippen molar-refractivity contribution >= 4 is 11.5 Å². The maximum atomic E-state index is 12.0. The number of methoxy groups -OCH3 is 3. The second-order valence-corrected chi connectivity index (χ2v) is 3.73. The molecule has 1 aromatic carbocycles. The number of ether oxygens (including phenoxy) is 3. The van der Waals surface area contributed by atoms with Gasteiger partial charge in [0.05, 0.1) is 26.9 Å². The molecule has 0 heterocycles. The van der Waals surface area contributed by atoms with Gasteiger partial charge in [-0.1, -0.05) is 5.16 Å². The van der Waals surface area contributed by atoms with Crippen LogP contribution in [0.4, 0.5) is 0 Å². The first-order chi connectivity index (χ1) is 8.67. The van der Waals surface area contributed by atoms with E-state index in [1.807, 2.05) is 0 Å². The number of carbonyl (C=O) groups excluding carboxylic acids is 1. The molecular weight excluding hydrogens is 238 g/mol. The van der Waals surface area contributed by atoms with Crippen LogP contribution in [-0.4, -0.2) is 38.0 Å². The number of hydrogen-bond acceptors (Lipinski definition) is 6. The zero-order chi connectivity index (χ0) is 13.3. The fraction of sp³-hybridized carbons (Fsp3) is 0.333. The third-order valence-electron chi connectivity index (χ3n) is 2.88. The Labute approximate surface area is 104 Å². The molecule has 96 valence electrons. The summed E-state index contributed by atoms with van der Waals surface area (Å²) >= 11 is 0. The molecule has 18 heavy (non-hydrogen) atoms. The molecule has 2 rings (SSSR count). The Kier molecular flexibility index (Phi) is 3.10. The van der Waals surface area contributed by atoms with E-state index in [4.69, 9.17) is 19.4 Å². The number of fused-ring (bicyclic) bond motifs is 1. The molecule has 0 saturated heterocycles. The summed E-state index contributed by atoms with van der Waals surface area (Å²) < 4.78 is 15.6. The zero-order valence-electron chi connectivity index (χ0n) is 10.3. The molecule has 1 aromatic rings. The first kappa shape index (κ1) is 12.2. The van der Waals surface area contributed by atoms with Crippen LogP contribution < -0.4 is 14.2 Å². The summed E-state index contributed by atoms with van der Waals surface area (Å²) in [6, 6.07) is 1.69. The van der Waals surface area contributed by atoms with Crippen molar-refractivity contribution in [2.75, 3.05) is 21.3 Å². The molecule has 6 heteroatoms. The predicted molar refractivity (Wildman–Crippen MR) is 63.4 cm³/mol. The highest BCUT2D eigenvalue weighted by Gasteiger charge is 2.34. The molecule has 0 amide bonds. The van der Waals surface area contributed by atoms with E-state index in [0.29, 0.717) is 28.4 Å². The molecule has 1 aliphatic carbocycles. The average molecular weight is 251 g/mol. The number of rotatable bonds is 3. The first-order valence-corrected chi connectivity index (χ1v) is 5.25. The topological polar surface area (TPSA) is 77.4 Å². The van der Waals surface area contributed by atoms with Crippen LogP contribution in [0.1, 0.15) is 15.9 Å². The summed E-state index contributed by atoms with van der Waals surface area (Å²) in [6.45, 7) is 0. The quantitative estimate of drug-likeness (QED) is 0.646. The minimum absolute atomic E-state index is 0.0820. The van der Waals surface area contributed by atoms with Gasteiger partial charge < -0.3 is 19.4 Å². The number of benzene rings is 1. The van der Waals surface area contributed by atoms with Crippen molar-refractivity contribution in [3.63, 3.8) is 0 Å². The number of oxime groups is 1. The average Bonchev–Trinajstić information content (AvgIpc) is 2.72. The van der Waals surface area contributed by atoms with E-state index in [2.05, 4.69) is 5.16 Å². The molecule has 0 fully saturated rings. The Morgan fingerprint density at radius 2 is 1.83 bits per heavy atom. The van der Waals surface area contributed by atoms with Crippen molar-refractivity contribution in [3.8, 4) is 17.2 Å². The second-order valence-electron chi connectivity index (χ2n) is 3.73. The van der Waals surface area contributed by atoms with Crippen LogP contribution in [0.5, 0.6) is 17.2 Å². The minimum atomic E-state index is -0.356. The Morgan fingerprint density at radius 3 is 2.33 bits per heavy atom. The van der Waals surface area contributed by atoms with Crippen molar-refractivity contribution < 1.29 is 24.2 Å². The lowest BCUT2D eigenvalue weighted by Crippen LogP contribution is -2.08. The van der Waals surface area contributed by atoms with E-state index >= 15 is 0 Å². The molecule has 0 bridgehead atoms. The van der Waals surface area contributed by atoms with E-state index in [9.17, 15) is 4.79 Å². The maximum absolute atomic E-state index is 12.0. The summed E-state index contributed by atoms with van der Waals surface area (Å²) in [4.78, 5) is 12.0. The fourth-order valence-corrected chi connectivity index (χ4v) is 2.08. The highest BCUT2D eigenvalue weighted by atomic mass is 16.5. The normalized spacial score (nSPS) is 15.7. The van der Waals surface area contributed by atoms with Gasteiger partial charge in [-0.05, 0) is 11.6 Å². The van der Waals surface area contributed by atoms with Gasteiger partial charge in [-0.25, -0.2) is 0 Å². The molecule has 0 atom stereocenters. The van der Waals surface area contributed by atoms with Crippen LogP contribution in [0.2, 0.25) is 0 Å². The predicted octanol–water partition coefficient (Wildman–Crippen LogP) is 1.28. The number of Topliss-reactive ketones (excluding diaryl/α,β-unsaturated/α-hetero) is 1. The summed E-state index contributed by atoms with van der Waals surface area (Å²) in [7, 11) is 4.41. The summed E-state index contributed by atoms with van der Waals surface area (Å²) in [5.41, 5.74) is 1.14. The molecule has 0 saturated carbocycles. The minimum Gasteiger partial charge on any atom is -0.493 e. The Hall–Kier alpha value is -2.24. The molecular formula is C12H13NO5. The molecule has 0 spiro atoms. The second kappa shape index (κ2) is 4.56. The van der Waals surface area contributed by atoms with E-state index in [-0.39, 0.29) is 17.9 Å². The monoisotopic (exact) mass is 251 g/mol.